The molecule has 1 aromatic carbocycles. The first-order chi connectivity index (χ1) is 11.4. The van der Waals surface area contributed by atoms with Gasteiger partial charge in [0.2, 0.25) is 0 Å². The number of hydrogen-bond donors (Lipinski definition) is 1. The summed E-state index contributed by atoms with van der Waals surface area (Å²) in [4.78, 5) is 12.8. The van der Waals surface area contributed by atoms with Gasteiger partial charge in [-0.3, -0.25) is 9.48 Å². The zero-order chi connectivity index (χ0) is 17.3. The van der Waals surface area contributed by atoms with Crippen LogP contribution in [-0.2, 0) is 18.5 Å². The second-order valence-corrected chi connectivity index (χ2v) is 7.34. The average Bonchev–Trinajstić information content (AvgIpc) is 3.19. The van der Waals surface area contributed by atoms with Crippen molar-refractivity contribution < 1.29 is 4.79 Å². The van der Waals surface area contributed by atoms with E-state index in [-0.39, 0.29) is 11.4 Å². The third-order valence-electron chi connectivity index (χ3n) is 4.69. The number of amides is 1. The van der Waals surface area contributed by atoms with Gasteiger partial charge >= 0.3 is 0 Å². The van der Waals surface area contributed by atoms with Gasteiger partial charge in [0.15, 0.2) is 0 Å². The maximum Gasteiger partial charge on any atom is 0.270 e. The molecule has 1 fully saturated rings. The largest absolute Gasteiger partial charge is 0.341 e. The molecule has 0 aliphatic heterocycles. The van der Waals surface area contributed by atoms with Crippen molar-refractivity contribution in [1.29, 1.82) is 0 Å². The number of nitrogens with zero attached hydrogens (tertiary/aromatic N) is 2. The molecular formula is C20H27N3O. The van der Waals surface area contributed by atoms with Crippen molar-refractivity contribution in [3.8, 4) is 0 Å². The molecule has 1 aliphatic carbocycles. The van der Waals surface area contributed by atoms with E-state index < -0.39 is 0 Å². The predicted molar refractivity (Wildman–Crippen MR) is 96.0 cm³/mol. The second kappa shape index (κ2) is 6.42. The molecule has 1 amide bonds. The second-order valence-electron chi connectivity index (χ2n) is 7.34. The first kappa shape index (κ1) is 16.7. The van der Waals surface area contributed by atoms with E-state index in [1.54, 1.807) is 0 Å². The minimum Gasteiger partial charge on any atom is -0.341 e. The highest BCUT2D eigenvalue weighted by molar-refractivity contribution is 5.93. The average molecular weight is 325 g/mol. The van der Waals surface area contributed by atoms with Crippen LogP contribution in [0, 0.1) is 12.8 Å². The Bertz CT molecular complexity index is 724. The molecule has 0 saturated heterocycles. The van der Waals surface area contributed by atoms with Crippen molar-refractivity contribution in [3.63, 3.8) is 0 Å². The summed E-state index contributed by atoms with van der Waals surface area (Å²) in [7, 11) is 0. The molecule has 0 atom stereocenters. The van der Waals surface area contributed by atoms with Crippen molar-refractivity contribution in [3.05, 3.63) is 52.8 Å². The number of nitrogens with one attached hydrogen (secondary N) is 1. The van der Waals surface area contributed by atoms with Crippen LogP contribution in [0.5, 0.6) is 0 Å². The van der Waals surface area contributed by atoms with Gasteiger partial charge in [-0.2, -0.15) is 5.10 Å². The molecule has 3 rings (SSSR count). The van der Waals surface area contributed by atoms with Gasteiger partial charge in [0, 0.05) is 6.54 Å². The monoisotopic (exact) mass is 325 g/mol. The Balaban J connectivity index is 1.79. The Hall–Kier alpha value is -2.10. The molecule has 4 nitrogen and oxygen atoms in total. The summed E-state index contributed by atoms with van der Waals surface area (Å²) in [6.07, 6.45) is 2.90. The van der Waals surface area contributed by atoms with Gasteiger partial charge < -0.3 is 5.32 Å². The lowest BCUT2D eigenvalue weighted by Crippen LogP contribution is -2.36. The zero-order valence-corrected chi connectivity index (χ0v) is 15.1. The fourth-order valence-electron chi connectivity index (χ4n) is 3.18. The van der Waals surface area contributed by atoms with E-state index in [4.69, 9.17) is 0 Å². The number of aromatic nitrogens is 2. The van der Waals surface area contributed by atoms with Gasteiger partial charge in [0.25, 0.3) is 5.91 Å². The van der Waals surface area contributed by atoms with E-state index in [1.165, 1.54) is 11.1 Å². The number of benzene rings is 1. The van der Waals surface area contributed by atoms with Crippen LogP contribution in [-0.4, -0.2) is 15.7 Å². The van der Waals surface area contributed by atoms with Crippen molar-refractivity contribution in [2.45, 2.75) is 59.0 Å². The lowest BCUT2D eigenvalue weighted by molar-refractivity contribution is 0.0920. The van der Waals surface area contributed by atoms with Crippen molar-refractivity contribution in [2.75, 3.05) is 0 Å². The fourth-order valence-corrected chi connectivity index (χ4v) is 3.18. The smallest absolute Gasteiger partial charge is 0.270 e. The molecule has 1 aromatic heterocycles. The van der Waals surface area contributed by atoms with Gasteiger partial charge in [-0.1, -0.05) is 43.7 Å². The van der Waals surface area contributed by atoms with E-state index in [0.29, 0.717) is 18.2 Å². The van der Waals surface area contributed by atoms with Crippen molar-refractivity contribution in [2.24, 2.45) is 5.92 Å². The van der Waals surface area contributed by atoms with Crippen LogP contribution >= 0.6 is 0 Å². The van der Waals surface area contributed by atoms with E-state index in [0.717, 1.165) is 25.0 Å². The minimum atomic E-state index is -0.189. The van der Waals surface area contributed by atoms with Gasteiger partial charge in [-0.05, 0) is 50.7 Å². The highest BCUT2D eigenvalue weighted by atomic mass is 16.2. The Morgan fingerprint density at radius 1 is 1.29 bits per heavy atom. The first-order valence-corrected chi connectivity index (χ1v) is 8.90. The van der Waals surface area contributed by atoms with Crippen LogP contribution in [0.4, 0.5) is 0 Å². The summed E-state index contributed by atoms with van der Waals surface area (Å²) < 4.78 is 1.82. The summed E-state index contributed by atoms with van der Waals surface area (Å²) in [5.41, 5.74) is 3.92. The standard InChI is InChI=1S/C20H27N3O/c1-5-23-18(13-17(22-23)12-14(2)3)19(24)21-20(10-11-20)16-8-6-15(4)7-9-16/h6-9,13-14H,5,10-12H2,1-4H3,(H,21,24). The van der Waals surface area contributed by atoms with E-state index in [1.807, 2.05) is 17.7 Å². The van der Waals surface area contributed by atoms with E-state index >= 15 is 0 Å². The highest BCUT2D eigenvalue weighted by Gasteiger charge is 2.46. The number of carbonyl (C=O) groups excluding carboxylic acids is 1. The maximum atomic E-state index is 12.8. The molecular weight excluding hydrogens is 298 g/mol. The summed E-state index contributed by atoms with van der Waals surface area (Å²) in [5.74, 6) is 0.515. The quantitative estimate of drug-likeness (QED) is 0.877. The molecule has 0 unspecified atom stereocenters. The molecule has 1 N–H and O–H groups in total. The van der Waals surface area contributed by atoms with Crippen LogP contribution < -0.4 is 5.32 Å². The van der Waals surface area contributed by atoms with E-state index in [9.17, 15) is 4.79 Å². The lowest BCUT2D eigenvalue weighted by atomic mass is 10.0. The Morgan fingerprint density at radius 2 is 1.96 bits per heavy atom. The molecule has 1 saturated carbocycles. The molecule has 0 radical (unpaired) electrons. The molecule has 4 heteroatoms. The van der Waals surface area contributed by atoms with Crippen LogP contribution in [0.15, 0.2) is 30.3 Å². The maximum absolute atomic E-state index is 12.8. The molecule has 0 bridgehead atoms. The topological polar surface area (TPSA) is 46.9 Å². The summed E-state index contributed by atoms with van der Waals surface area (Å²) in [6, 6.07) is 10.4. The molecule has 24 heavy (non-hydrogen) atoms. The molecule has 1 heterocycles. The number of aryl methyl sites for hydroxylation is 2. The molecule has 2 aromatic rings. The molecule has 128 valence electrons. The lowest BCUT2D eigenvalue weighted by Gasteiger charge is -2.18. The van der Waals surface area contributed by atoms with E-state index in [2.05, 4.69) is 55.5 Å². The van der Waals surface area contributed by atoms with Gasteiger partial charge in [-0.25, -0.2) is 0 Å². The zero-order valence-electron chi connectivity index (χ0n) is 15.1. The Kier molecular flexibility index (Phi) is 4.48. The van der Waals surface area contributed by atoms with Crippen molar-refractivity contribution in [1.82, 2.24) is 15.1 Å². The Labute approximate surface area is 144 Å². The fraction of sp³-hybridized carbons (Fsp3) is 0.500. The summed E-state index contributed by atoms with van der Waals surface area (Å²) >= 11 is 0. The third-order valence-corrected chi connectivity index (χ3v) is 4.69. The predicted octanol–water partition coefficient (Wildman–Crippen LogP) is 3.83. The normalized spacial score (nSPS) is 15.5. The van der Waals surface area contributed by atoms with Gasteiger partial charge in [-0.15, -0.1) is 0 Å². The van der Waals surface area contributed by atoms with Gasteiger partial charge in [0.1, 0.15) is 5.69 Å². The summed E-state index contributed by atoms with van der Waals surface area (Å²) in [6.45, 7) is 9.15. The number of hydrogen-bond acceptors (Lipinski definition) is 2. The third kappa shape index (κ3) is 3.37. The summed E-state index contributed by atoms with van der Waals surface area (Å²) in [5, 5.41) is 7.84. The number of rotatable bonds is 6. The van der Waals surface area contributed by atoms with Gasteiger partial charge in [0.05, 0.1) is 11.2 Å². The molecule has 1 aliphatic rings. The Morgan fingerprint density at radius 3 is 2.50 bits per heavy atom. The molecule has 0 spiro atoms. The highest BCUT2D eigenvalue weighted by Crippen LogP contribution is 2.45. The van der Waals surface area contributed by atoms with Crippen molar-refractivity contribution >= 4 is 5.91 Å². The number of carbonyl (C=O) groups is 1. The SMILES string of the molecule is CCn1nc(CC(C)C)cc1C(=O)NC1(c2ccc(C)cc2)CC1. The van der Waals surface area contributed by atoms with Crippen LogP contribution in [0.2, 0.25) is 0 Å². The van der Waals surface area contributed by atoms with Crippen LogP contribution in [0.3, 0.4) is 0 Å². The van der Waals surface area contributed by atoms with Crippen LogP contribution in [0.25, 0.3) is 0 Å². The minimum absolute atomic E-state index is 0.0163. The van der Waals surface area contributed by atoms with Crippen LogP contribution in [0.1, 0.15) is 60.9 Å². The first-order valence-electron chi connectivity index (χ1n) is 8.90.